The van der Waals surface area contributed by atoms with E-state index in [1.807, 2.05) is 12.1 Å². The van der Waals surface area contributed by atoms with E-state index in [0.717, 1.165) is 12.0 Å². The first kappa shape index (κ1) is 21.5. The molecule has 1 amide bonds. The topological polar surface area (TPSA) is 82.0 Å². The molecule has 1 saturated carbocycles. The van der Waals surface area contributed by atoms with Gasteiger partial charge in [0.1, 0.15) is 5.41 Å². The van der Waals surface area contributed by atoms with Gasteiger partial charge in [0.05, 0.1) is 0 Å². The van der Waals surface area contributed by atoms with E-state index in [1.54, 1.807) is 0 Å². The Morgan fingerprint density at radius 1 is 0.966 bits per heavy atom. The zero-order chi connectivity index (χ0) is 20.5. The van der Waals surface area contributed by atoms with Gasteiger partial charge in [0.2, 0.25) is 5.91 Å². The zero-order valence-corrected chi connectivity index (χ0v) is 17.8. The van der Waals surface area contributed by atoms with Gasteiger partial charge >= 0.3 is 0 Å². The number of hydrogen-bond acceptors (Lipinski definition) is 4. The molecule has 2 N–H and O–H groups in total. The van der Waals surface area contributed by atoms with Gasteiger partial charge in [0.15, 0.2) is 5.82 Å². The Labute approximate surface area is 174 Å². The number of unbranched alkanes of at least 4 members (excludes halogenated alkanes) is 9. The van der Waals surface area contributed by atoms with Crippen molar-refractivity contribution in [2.24, 2.45) is 5.73 Å². The van der Waals surface area contributed by atoms with Crippen molar-refractivity contribution < 1.29 is 9.32 Å². The van der Waals surface area contributed by atoms with Crippen LogP contribution in [-0.2, 0) is 16.6 Å². The number of rotatable bonds is 14. The Morgan fingerprint density at radius 3 is 2.10 bits per heavy atom. The Bertz CT molecular complexity index is 763. The lowest BCUT2D eigenvalue weighted by Crippen LogP contribution is -2.29. The molecule has 0 radical (unpaired) electrons. The summed E-state index contributed by atoms with van der Waals surface area (Å²) in [7, 11) is 0. The van der Waals surface area contributed by atoms with Crippen molar-refractivity contribution in [3.8, 4) is 11.5 Å². The fraction of sp³-hybridized carbons (Fsp3) is 0.625. The van der Waals surface area contributed by atoms with Crippen LogP contribution < -0.4 is 5.73 Å². The summed E-state index contributed by atoms with van der Waals surface area (Å²) in [6.45, 7) is 2.27. The number of carbonyl (C=O) groups excluding carboxylic acids is 1. The number of carbonyl (C=O) groups is 1. The van der Waals surface area contributed by atoms with Gasteiger partial charge in [0, 0.05) is 5.56 Å². The predicted octanol–water partition coefficient (Wildman–Crippen LogP) is 5.72. The molecule has 0 bridgehead atoms. The molecule has 0 aliphatic heterocycles. The second-order valence-corrected chi connectivity index (χ2v) is 8.50. The van der Waals surface area contributed by atoms with Crippen molar-refractivity contribution >= 4 is 5.91 Å². The first-order valence-corrected chi connectivity index (χ1v) is 11.4. The number of nitrogens with two attached hydrogens (primary N) is 1. The van der Waals surface area contributed by atoms with Gasteiger partial charge in [0.25, 0.3) is 5.89 Å². The number of aryl methyl sites for hydroxylation is 1. The second-order valence-electron chi connectivity index (χ2n) is 8.50. The van der Waals surface area contributed by atoms with Crippen LogP contribution in [-0.4, -0.2) is 16.0 Å². The van der Waals surface area contributed by atoms with E-state index in [-0.39, 0.29) is 5.91 Å². The monoisotopic (exact) mass is 397 g/mol. The summed E-state index contributed by atoms with van der Waals surface area (Å²) in [5.41, 5.74) is 7.01. The van der Waals surface area contributed by atoms with Crippen LogP contribution in [0.15, 0.2) is 28.8 Å². The lowest BCUT2D eigenvalue weighted by atomic mass is 10.0. The Balaban J connectivity index is 1.36. The molecule has 158 valence electrons. The smallest absolute Gasteiger partial charge is 0.257 e. The average Bonchev–Trinajstić information content (AvgIpc) is 3.40. The molecule has 1 aromatic carbocycles. The van der Waals surface area contributed by atoms with Gasteiger partial charge in [-0.05, 0) is 43.4 Å². The summed E-state index contributed by atoms with van der Waals surface area (Å²) in [5, 5.41) is 3.99. The van der Waals surface area contributed by atoms with E-state index in [0.29, 0.717) is 24.6 Å². The molecule has 2 aromatic rings. The molecule has 5 heteroatoms. The van der Waals surface area contributed by atoms with Crippen LogP contribution >= 0.6 is 0 Å². The van der Waals surface area contributed by atoms with Crippen molar-refractivity contribution in [1.29, 1.82) is 0 Å². The maximum Gasteiger partial charge on any atom is 0.257 e. The lowest BCUT2D eigenvalue weighted by molar-refractivity contribution is -0.120. The third-order valence-corrected chi connectivity index (χ3v) is 6.10. The Hall–Kier alpha value is -2.17. The van der Waals surface area contributed by atoms with Gasteiger partial charge in [-0.3, -0.25) is 4.79 Å². The van der Waals surface area contributed by atoms with Crippen LogP contribution in [0.5, 0.6) is 0 Å². The summed E-state index contributed by atoms with van der Waals surface area (Å²) in [5.74, 6) is 0.518. The summed E-state index contributed by atoms with van der Waals surface area (Å²) >= 11 is 0. The highest BCUT2D eigenvalue weighted by Crippen LogP contribution is 2.46. The molecule has 1 aromatic heterocycles. The van der Waals surface area contributed by atoms with Gasteiger partial charge in [-0.2, -0.15) is 4.98 Å². The molecule has 0 saturated heterocycles. The number of aromatic nitrogens is 2. The SMILES string of the molecule is CCCCCCCCCCCCc1ccc(-c2nc(C3(C(N)=O)CC3)no2)cc1. The molecular formula is C24H35N3O2. The van der Waals surface area contributed by atoms with Gasteiger partial charge in [-0.15, -0.1) is 0 Å². The standard InChI is InChI=1S/C24H35N3O2/c1-2-3-4-5-6-7-8-9-10-11-12-19-13-15-20(16-14-19)21-26-23(27-29-21)24(17-18-24)22(25)28/h13-16H,2-12,17-18H2,1H3,(H2,25,28). The fourth-order valence-corrected chi connectivity index (χ4v) is 3.87. The third kappa shape index (κ3) is 5.91. The highest BCUT2D eigenvalue weighted by molar-refractivity contribution is 5.88. The van der Waals surface area contributed by atoms with E-state index < -0.39 is 5.41 Å². The van der Waals surface area contributed by atoms with E-state index >= 15 is 0 Å². The highest BCUT2D eigenvalue weighted by Gasteiger charge is 2.54. The number of amides is 1. The van der Waals surface area contributed by atoms with Crippen LogP contribution in [0.1, 0.15) is 95.4 Å². The molecule has 0 atom stereocenters. The molecule has 1 fully saturated rings. The van der Waals surface area contributed by atoms with Crippen LogP contribution in [0, 0.1) is 0 Å². The minimum Gasteiger partial charge on any atom is -0.369 e. The van der Waals surface area contributed by atoms with Crippen molar-refractivity contribution in [2.75, 3.05) is 0 Å². The molecule has 0 unspecified atom stereocenters. The second kappa shape index (κ2) is 10.6. The van der Waals surface area contributed by atoms with E-state index in [4.69, 9.17) is 10.3 Å². The first-order chi connectivity index (χ1) is 14.2. The van der Waals surface area contributed by atoms with Crippen molar-refractivity contribution in [3.05, 3.63) is 35.7 Å². The van der Waals surface area contributed by atoms with Crippen LogP contribution in [0.4, 0.5) is 0 Å². The largest absolute Gasteiger partial charge is 0.369 e. The van der Waals surface area contributed by atoms with Crippen molar-refractivity contribution in [1.82, 2.24) is 10.1 Å². The van der Waals surface area contributed by atoms with Crippen LogP contribution in [0.25, 0.3) is 11.5 Å². The number of primary amides is 1. The normalized spacial score (nSPS) is 14.8. The molecule has 3 rings (SSSR count). The maximum absolute atomic E-state index is 11.6. The van der Waals surface area contributed by atoms with E-state index in [1.165, 1.54) is 69.8 Å². The van der Waals surface area contributed by atoms with Gasteiger partial charge in [-0.25, -0.2) is 0 Å². The fourth-order valence-electron chi connectivity index (χ4n) is 3.87. The summed E-state index contributed by atoms with van der Waals surface area (Å²) in [6.07, 6.45) is 16.1. The average molecular weight is 398 g/mol. The summed E-state index contributed by atoms with van der Waals surface area (Å²) < 4.78 is 5.37. The highest BCUT2D eigenvalue weighted by atomic mass is 16.5. The molecule has 1 aliphatic carbocycles. The molecule has 29 heavy (non-hydrogen) atoms. The van der Waals surface area contributed by atoms with E-state index in [9.17, 15) is 4.79 Å². The number of benzene rings is 1. The number of hydrogen-bond donors (Lipinski definition) is 1. The summed E-state index contributed by atoms with van der Waals surface area (Å²) in [4.78, 5) is 16.0. The van der Waals surface area contributed by atoms with Crippen LogP contribution in [0.2, 0.25) is 0 Å². The van der Waals surface area contributed by atoms with Crippen LogP contribution in [0.3, 0.4) is 0 Å². The zero-order valence-electron chi connectivity index (χ0n) is 17.8. The molecular weight excluding hydrogens is 362 g/mol. The molecule has 0 spiro atoms. The molecule has 1 aliphatic rings. The Kier molecular flexibility index (Phi) is 7.84. The third-order valence-electron chi connectivity index (χ3n) is 6.10. The lowest BCUT2D eigenvalue weighted by Gasteiger charge is -2.04. The maximum atomic E-state index is 11.6. The van der Waals surface area contributed by atoms with E-state index in [2.05, 4.69) is 29.2 Å². The minimum atomic E-state index is -0.697. The van der Waals surface area contributed by atoms with Crippen molar-refractivity contribution in [3.63, 3.8) is 0 Å². The van der Waals surface area contributed by atoms with Gasteiger partial charge in [-0.1, -0.05) is 82.0 Å². The first-order valence-electron chi connectivity index (χ1n) is 11.4. The quantitative estimate of drug-likeness (QED) is 0.413. The number of nitrogens with zero attached hydrogens (tertiary/aromatic N) is 2. The minimum absolute atomic E-state index is 0.364. The Morgan fingerprint density at radius 2 is 1.55 bits per heavy atom. The molecule has 5 nitrogen and oxygen atoms in total. The van der Waals surface area contributed by atoms with Crippen molar-refractivity contribution in [2.45, 2.75) is 95.8 Å². The predicted molar refractivity (Wildman–Crippen MR) is 115 cm³/mol. The summed E-state index contributed by atoms with van der Waals surface area (Å²) in [6, 6.07) is 8.31. The van der Waals surface area contributed by atoms with Gasteiger partial charge < -0.3 is 10.3 Å². The molecule has 1 heterocycles.